The molecule has 2 amide bonds. The molecule has 0 spiro atoms. The lowest BCUT2D eigenvalue weighted by Crippen LogP contribution is -2.35. The summed E-state index contributed by atoms with van der Waals surface area (Å²) in [5.41, 5.74) is 1.83. The maximum absolute atomic E-state index is 12.9. The molecule has 6 nitrogen and oxygen atoms in total. The van der Waals surface area contributed by atoms with E-state index in [0.29, 0.717) is 16.1 Å². The zero-order valence-corrected chi connectivity index (χ0v) is 17.5. The third kappa shape index (κ3) is 5.67. The van der Waals surface area contributed by atoms with Gasteiger partial charge in [0.2, 0.25) is 5.91 Å². The number of anilines is 1. The molecule has 1 saturated carbocycles. The highest BCUT2D eigenvalue weighted by Gasteiger charge is 2.32. The van der Waals surface area contributed by atoms with E-state index in [1.165, 1.54) is 11.3 Å². The molecule has 0 bridgehead atoms. The molecule has 7 heteroatoms. The Morgan fingerprint density at radius 1 is 1.21 bits per heavy atom. The van der Waals surface area contributed by atoms with Crippen molar-refractivity contribution in [3.8, 4) is 11.1 Å². The van der Waals surface area contributed by atoms with Crippen molar-refractivity contribution in [3.63, 3.8) is 0 Å². The molecule has 1 fully saturated rings. The van der Waals surface area contributed by atoms with Crippen molar-refractivity contribution in [1.29, 1.82) is 0 Å². The molecule has 0 unspecified atom stereocenters. The van der Waals surface area contributed by atoms with Crippen LogP contribution >= 0.6 is 11.3 Å². The first kappa shape index (κ1) is 21.0. The maximum atomic E-state index is 12.9. The second kappa shape index (κ2) is 9.69. The molecular formula is C22H26N2O4S. The summed E-state index contributed by atoms with van der Waals surface area (Å²) in [4.78, 5) is 37.1. The third-order valence-electron chi connectivity index (χ3n) is 4.73. The van der Waals surface area contributed by atoms with Crippen molar-refractivity contribution < 1.29 is 19.1 Å². The van der Waals surface area contributed by atoms with Crippen molar-refractivity contribution >= 4 is 34.1 Å². The molecule has 154 valence electrons. The van der Waals surface area contributed by atoms with E-state index in [2.05, 4.69) is 10.6 Å². The highest BCUT2D eigenvalue weighted by Crippen LogP contribution is 2.38. The van der Waals surface area contributed by atoms with Gasteiger partial charge in [0.15, 0.2) is 6.61 Å². The first-order valence-corrected chi connectivity index (χ1v) is 10.8. The van der Waals surface area contributed by atoms with Gasteiger partial charge in [-0.1, -0.05) is 43.7 Å². The number of amides is 2. The molecule has 1 aliphatic carbocycles. The fourth-order valence-corrected chi connectivity index (χ4v) is 4.03. The first-order chi connectivity index (χ1) is 14.0. The average molecular weight is 415 g/mol. The van der Waals surface area contributed by atoms with E-state index < -0.39 is 5.97 Å². The minimum absolute atomic E-state index is 0.0203. The highest BCUT2D eigenvalue weighted by molar-refractivity contribution is 7.15. The number of benzene rings is 1. The van der Waals surface area contributed by atoms with Crippen molar-refractivity contribution in [3.05, 3.63) is 41.3 Å². The number of rotatable bonds is 9. The Morgan fingerprint density at radius 3 is 2.59 bits per heavy atom. The maximum Gasteiger partial charge on any atom is 0.342 e. The number of ether oxygens (including phenoxy) is 1. The molecule has 1 aromatic carbocycles. The van der Waals surface area contributed by atoms with E-state index in [9.17, 15) is 14.4 Å². The van der Waals surface area contributed by atoms with Crippen LogP contribution in [0.1, 0.15) is 49.9 Å². The second-order valence-electron chi connectivity index (χ2n) is 7.32. The predicted octanol–water partition coefficient (Wildman–Crippen LogP) is 4.23. The van der Waals surface area contributed by atoms with Gasteiger partial charge in [-0.2, -0.15) is 0 Å². The largest absolute Gasteiger partial charge is 0.452 e. The summed E-state index contributed by atoms with van der Waals surface area (Å²) >= 11 is 1.29. The number of nitrogens with one attached hydrogen (secondary N) is 2. The van der Waals surface area contributed by atoms with Gasteiger partial charge >= 0.3 is 5.97 Å². The Bertz CT molecular complexity index is 874. The number of carbonyl (C=O) groups excluding carboxylic acids is 3. The minimum Gasteiger partial charge on any atom is -0.452 e. The van der Waals surface area contributed by atoms with Gasteiger partial charge in [0.05, 0.1) is 0 Å². The van der Waals surface area contributed by atoms with Gasteiger partial charge in [-0.3, -0.25) is 9.59 Å². The zero-order chi connectivity index (χ0) is 20.8. The second-order valence-corrected chi connectivity index (χ2v) is 8.20. The number of esters is 1. The number of thiophene rings is 1. The molecule has 29 heavy (non-hydrogen) atoms. The SMILES string of the molecule is CCC[C@@H](C)NC(=O)COC(=O)c1c(-c2ccccc2)csc1NC(=O)C1CC1. The van der Waals surface area contributed by atoms with E-state index in [1.807, 2.05) is 49.6 Å². The number of carbonyl (C=O) groups is 3. The summed E-state index contributed by atoms with van der Waals surface area (Å²) in [6.07, 6.45) is 3.57. The minimum atomic E-state index is -0.616. The third-order valence-corrected chi connectivity index (χ3v) is 5.62. The molecule has 0 saturated heterocycles. The van der Waals surface area contributed by atoms with Crippen LogP contribution in [0.2, 0.25) is 0 Å². The van der Waals surface area contributed by atoms with E-state index in [4.69, 9.17) is 4.74 Å². The van der Waals surface area contributed by atoms with Gasteiger partial charge in [0.25, 0.3) is 5.91 Å². The standard InChI is InChI=1S/C22H26N2O4S/c1-3-7-14(2)23-18(25)12-28-22(27)19-17(15-8-5-4-6-9-15)13-29-21(19)24-20(26)16-10-11-16/h4-6,8-9,13-14,16H,3,7,10-12H2,1-2H3,(H,23,25)(H,24,26)/t14-/m1/s1. The molecular weight excluding hydrogens is 388 g/mol. The van der Waals surface area contributed by atoms with Gasteiger partial charge in [0, 0.05) is 22.9 Å². The van der Waals surface area contributed by atoms with E-state index >= 15 is 0 Å². The van der Waals surface area contributed by atoms with Crippen LogP contribution in [0, 0.1) is 5.92 Å². The molecule has 2 aromatic rings. The lowest BCUT2D eigenvalue weighted by atomic mass is 10.0. The van der Waals surface area contributed by atoms with Crippen LogP contribution in [0.25, 0.3) is 11.1 Å². The zero-order valence-electron chi connectivity index (χ0n) is 16.7. The molecule has 3 rings (SSSR count). The highest BCUT2D eigenvalue weighted by atomic mass is 32.1. The molecule has 2 N–H and O–H groups in total. The van der Waals surface area contributed by atoms with Gasteiger partial charge in [0.1, 0.15) is 10.6 Å². The lowest BCUT2D eigenvalue weighted by Gasteiger charge is -2.13. The van der Waals surface area contributed by atoms with Gasteiger partial charge in [-0.05, 0) is 31.7 Å². The summed E-state index contributed by atoms with van der Waals surface area (Å²) in [5, 5.41) is 7.97. The smallest absolute Gasteiger partial charge is 0.342 e. The van der Waals surface area contributed by atoms with Gasteiger partial charge in [-0.25, -0.2) is 4.79 Å². The topological polar surface area (TPSA) is 84.5 Å². The van der Waals surface area contributed by atoms with Crippen molar-refractivity contribution in [2.24, 2.45) is 5.92 Å². The van der Waals surface area contributed by atoms with Crippen LogP contribution in [0.4, 0.5) is 5.00 Å². The summed E-state index contributed by atoms with van der Waals surface area (Å²) in [5.74, 6) is -1.01. The Kier molecular flexibility index (Phi) is 7.04. The fraction of sp³-hybridized carbons (Fsp3) is 0.409. The normalized spacial score (nSPS) is 14.1. The van der Waals surface area contributed by atoms with E-state index in [0.717, 1.165) is 31.2 Å². The van der Waals surface area contributed by atoms with Crippen LogP contribution in [0.15, 0.2) is 35.7 Å². The Morgan fingerprint density at radius 2 is 1.93 bits per heavy atom. The summed E-state index contributed by atoms with van der Waals surface area (Å²) in [7, 11) is 0. The summed E-state index contributed by atoms with van der Waals surface area (Å²) < 4.78 is 5.29. The van der Waals surface area contributed by atoms with Gasteiger partial charge in [-0.15, -0.1) is 11.3 Å². The number of hydrogen-bond donors (Lipinski definition) is 2. The van der Waals surface area contributed by atoms with Gasteiger partial charge < -0.3 is 15.4 Å². The van der Waals surface area contributed by atoms with Crippen LogP contribution in [0.3, 0.4) is 0 Å². The quantitative estimate of drug-likeness (QED) is 0.602. The van der Waals surface area contributed by atoms with Crippen molar-refractivity contribution in [1.82, 2.24) is 5.32 Å². The first-order valence-electron chi connectivity index (χ1n) is 9.93. The van der Waals surface area contributed by atoms with Crippen molar-refractivity contribution in [2.75, 3.05) is 11.9 Å². The summed E-state index contributed by atoms with van der Waals surface area (Å²) in [6.45, 7) is 3.61. The van der Waals surface area contributed by atoms with Crippen LogP contribution in [0.5, 0.6) is 0 Å². The monoisotopic (exact) mass is 414 g/mol. The molecule has 1 aliphatic rings. The Hall–Kier alpha value is -2.67. The molecule has 0 aliphatic heterocycles. The Labute approximate surface area is 174 Å². The van der Waals surface area contributed by atoms with Crippen molar-refractivity contribution in [2.45, 2.75) is 45.6 Å². The predicted molar refractivity (Wildman–Crippen MR) is 114 cm³/mol. The lowest BCUT2D eigenvalue weighted by molar-refractivity contribution is -0.124. The Balaban J connectivity index is 1.75. The average Bonchev–Trinajstić information content (AvgIpc) is 3.48. The molecule has 1 atom stereocenters. The molecule has 0 radical (unpaired) electrons. The fourth-order valence-electron chi connectivity index (χ4n) is 3.07. The number of hydrogen-bond acceptors (Lipinski definition) is 5. The summed E-state index contributed by atoms with van der Waals surface area (Å²) in [6, 6.07) is 9.47. The van der Waals surface area contributed by atoms with Crippen LogP contribution in [-0.4, -0.2) is 30.4 Å². The van der Waals surface area contributed by atoms with E-state index in [-0.39, 0.29) is 30.4 Å². The van der Waals surface area contributed by atoms with Crippen LogP contribution < -0.4 is 10.6 Å². The van der Waals surface area contributed by atoms with E-state index in [1.54, 1.807) is 0 Å². The van der Waals surface area contributed by atoms with Crippen LogP contribution in [-0.2, 0) is 14.3 Å². The molecule has 1 heterocycles. The molecule has 1 aromatic heterocycles.